The summed E-state index contributed by atoms with van der Waals surface area (Å²) < 4.78 is 5.23. The van der Waals surface area contributed by atoms with Crippen LogP contribution in [0.5, 0.6) is 0 Å². The van der Waals surface area contributed by atoms with Crippen LogP contribution in [-0.4, -0.2) is 38.3 Å². The van der Waals surface area contributed by atoms with Crippen LogP contribution in [0, 0.1) is 5.92 Å². The normalized spacial score (nSPS) is 11.5. The highest BCUT2D eigenvalue weighted by Crippen LogP contribution is 2.13. The second-order valence-electron chi connectivity index (χ2n) is 5.67. The fourth-order valence-corrected chi connectivity index (χ4v) is 2.36. The van der Waals surface area contributed by atoms with E-state index in [1.54, 1.807) is 7.11 Å². The fraction of sp³-hybridized carbons (Fsp3) is 0.647. The molecule has 1 rings (SSSR count). The van der Waals surface area contributed by atoms with Crippen LogP contribution in [0.2, 0.25) is 0 Å². The quantitative estimate of drug-likeness (QED) is 0.712. The van der Waals surface area contributed by atoms with Crippen LogP contribution >= 0.6 is 0 Å². The Morgan fingerprint density at radius 1 is 1.20 bits per heavy atom. The molecule has 0 aromatic heterocycles. The van der Waals surface area contributed by atoms with E-state index in [2.05, 4.69) is 55.3 Å². The summed E-state index contributed by atoms with van der Waals surface area (Å²) in [6.45, 7) is 12.5. The molecule has 1 N–H and O–H groups in total. The van der Waals surface area contributed by atoms with Gasteiger partial charge in [0.1, 0.15) is 0 Å². The Kier molecular flexibility index (Phi) is 8.51. The summed E-state index contributed by atoms with van der Waals surface area (Å²) >= 11 is 0. The van der Waals surface area contributed by atoms with E-state index in [1.807, 2.05) is 0 Å². The van der Waals surface area contributed by atoms with Crippen LogP contribution in [-0.2, 0) is 17.8 Å². The first kappa shape index (κ1) is 17.2. The Balaban J connectivity index is 2.70. The van der Waals surface area contributed by atoms with E-state index in [9.17, 15) is 0 Å². The fourth-order valence-electron chi connectivity index (χ4n) is 2.36. The Morgan fingerprint density at radius 3 is 2.50 bits per heavy atom. The molecule has 0 spiro atoms. The molecule has 3 nitrogen and oxygen atoms in total. The minimum Gasteiger partial charge on any atom is -0.383 e. The molecule has 0 aliphatic rings. The number of rotatable bonds is 10. The predicted molar refractivity (Wildman–Crippen MR) is 85.8 cm³/mol. The van der Waals surface area contributed by atoms with Gasteiger partial charge in [-0.3, -0.25) is 4.90 Å². The molecular weight excluding hydrogens is 248 g/mol. The molecule has 20 heavy (non-hydrogen) atoms. The first-order valence-electron chi connectivity index (χ1n) is 7.66. The van der Waals surface area contributed by atoms with Crippen molar-refractivity contribution in [1.29, 1.82) is 0 Å². The molecular formula is C17H30N2O. The third-order valence-corrected chi connectivity index (χ3v) is 3.31. The van der Waals surface area contributed by atoms with Crippen molar-refractivity contribution in [2.75, 3.05) is 33.4 Å². The molecule has 3 heteroatoms. The highest BCUT2D eigenvalue weighted by molar-refractivity contribution is 5.27. The van der Waals surface area contributed by atoms with Crippen molar-refractivity contribution in [1.82, 2.24) is 10.2 Å². The van der Waals surface area contributed by atoms with Crippen molar-refractivity contribution in [3.8, 4) is 0 Å². The van der Waals surface area contributed by atoms with Crippen LogP contribution < -0.4 is 5.32 Å². The van der Waals surface area contributed by atoms with Crippen LogP contribution in [0.4, 0.5) is 0 Å². The number of ether oxygens (including phenoxy) is 1. The van der Waals surface area contributed by atoms with Gasteiger partial charge in [-0.2, -0.15) is 0 Å². The molecule has 0 saturated carbocycles. The summed E-state index contributed by atoms with van der Waals surface area (Å²) in [6.07, 6.45) is 0. The maximum Gasteiger partial charge on any atom is 0.0589 e. The minimum atomic E-state index is 0.674. The van der Waals surface area contributed by atoms with Crippen molar-refractivity contribution < 1.29 is 4.74 Å². The Labute approximate surface area is 124 Å². The van der Waals surface area contributed by atoms with Gasteiger partial charge in [0.05, 0.1) is 6.61 Å². The molecule has 0 fully saturated rings. The summed E-state index contributed by atoms with van der Waals surface area (Å²) in [4.78, 5) is 2.49. The Hall–Kier alpha value is -0.900. The van der Waals surface area contributed by atoms with Crippen molar-refractivity contribution in [2.45, 2.75) is 33.9 Å². The average molecular weight is 278 g/mol. The summed E-state index contributed by atoms with van der Waals surface area (Å²) in [6, 6.07) is 8.72. The molecule has 0 amide bonds. The first-order valence-corrected chi connectivity index (χ1v) is 7.66. The molecule has 1 aromatic carbocycles. The SMILES string of the molecule is CCNCc1ccccc1CN(CCOC)CC(C)C. The number of methoxy groups -OCH3 is 1. The lowest BCUT2D eigenvalue weighted by molar-refractivity contribution is 0.136. The van der Waals surface area contributed by atoms with Gasteiger partial charge in [-0.25, -0.2) is 0 Å². The first-order chi connectivity index (χ1) is 9.67. The van der Waals surface area contributed by atoms with Gasteiger partial charge in [-0.15, -0.1) is 0 Å². The second kappa shape index (κ2) is 9.92. The number of hydrogen-bond donors (Lipinski definition) is 1. The van der Waals surface area contributed by atoms with E-state index >= 15 is 0 Å². The van der Waals surface area contributed by atoms with E-state index < -0.39 is 0 Å². The molecule has 0 heterocycles. The maximum atomic E-state index is 5.23. The van der Waals surface area contributed by atoms with E-state index in [0.29, 0.717) is 5.92 Å². The monoisotopic (exact) mass is 278 g/mol. The van der Waals surface area contributed by atoms with Crippen molar-refractivity contribution in [3.63, 3.8) is 0 Å². The topological polar surface area (TPSA) is 24.5 Å². The minimum absolute atomic E-state index is 0.674. The number of nitrogens with one attached hydrogen (secondary N) is 1. The predicted octanol–water partition coefficient (Wildman–Crippen LogP) is 2.90. The lowest BCUT2D eigenvalue weighted by Gasteiger charge is -2.25. The second-order valence-corrected chi connectivity index (χ2v) is 5.67. The highest BCUT2D eigenvalue weighted by atomic mass is 16.5. The molecule has 0 radical (unpaired) electrons. The molecule has 0 bridgehead atoms. The van der Waals surface area contributed by atoms with Gasteiger partial charge in [-0.05, 0) is 23.6 Å². The average Bonchev–Trinajstić information content (AvgIpc) is 2.43. The number of hydrogen-bond acceptors (Lipinski definition) is 3. The molecule has 0 unspecified atom stereocenters. The van der Waals surface area contributed by atoms with Gasteiger partial charge in [0.15, 0.2) is 0 Å². The molecule has 0 aliphatic carbocycles. The standard InChI is InChI=1S/C17H30N2O/c1-5-18-12-16-8-6-7-9-17(16)14-19(10-11-20-4)13-15(2)3/h6-9,15,18H,5,10-14H2,1-4H3. The molecule has 1 aromatic rings. The summed E-state index contributed by atoms with van der Waals surface area (Å²) in [5.74, 6) is 0.674. The van der Waals surface area contributed by atoms with Gasteiger partial charge in [0.25, 0.3) is 0 Å². The van der Waals surface area contributed by atoms with Crippen LogP contribution in [0.25, 0.3) is 0 Å². The van der Waals surface area contributed by atoms with E-state index in [0.717, 1.165) is 39.3 Å². The van der Waals surface area contributed by atoms with Crippen molar-refractivity contribution >= 4 is 0 Å². The van der Waals surface area contributed by atoms with E-state index in [4.69, 9.17) is 4.74 Å². The number of nitrogens with zero attached hydrogens (tertiary/aromatic N) is 1. The molecule has 0 saturated heterocycles. The van der Waals surface area contributed by atoms with Gasteiger partial charge in [0, 0.05) is 33.3 Å². The van der Waals surface area contributed by atoms with Crippen LogP contribution in [0.15, 0.2) is 24.3 Å². The molecule has 0 aliphatic heterocycles. The summed E-state index contributed by atoms with van der Waals surface area (Å²) in [5.41, 5.74) is 2.82. The van der Waals surface area contributed by atoms with Gasteiger partial charge in [-0.1, -0.05) is 45.0 Å². The van der Waals surface area contributed by atoms with E-state index in [1.165, 1.54) is 11.1 Å². The molecule has 114 valence electrons. The summed E-state index contributed by atoms with van der Waals surface area (Å²) in [5, 5.41) is 3.42. The maximum absolute atomic E-state index is 5.23. The third kappa shape index (κ3) is 6.51. The zero-order valence-electron chi connectivity index (χ0n) is 13.5. The van der Waals surface area contributed by atoms with Crippen LogP contribution in [0.3, 0.4) is 0 Å². The largest absolute Gasteiger partial charge is 0.383 e. The third-order valence-electron chi connectivity index (χ3n) is 3.31. The smallest absolute Gasteiger partial charge is 0.0589 e. The van der Waals surface area contributed by atoms with E-state index in [-0.39, 0.29) is 0 Å². The van der Waals surface area contributed by atoms with Crippen molar-refractivity contribution in [3.05, 3.63) is 35.4 Å². The zero-order valence-corrected chi connectivity index (χ0v) is 13.5. The van der Waals surface area contributed by atoms with Crippen molar-refractivity contribution in [2.24, 2.45) is 5.92 Å². The summed E-state index contributed by atoms with van der Waals surface area (Å²) in [7, 11) is 1.77. The van der Waals surface area contributed by atoms with Gasteiger partial charge in [0.2, 0.25) is 0 Å². The zero-order chi connectivity index (χ0) is 14.8. The lowest BCUT2D eigenvalue weighted by Crippen LogP contribution is -2.31. The number of benzene rings is 1. The Morgan fingerprint density at radius 2 is 1.90 bits per heavy atom. The molecule has 0 atom stereocenters. The Bertz CT molecular complexity index is 366. The lowest BCUT2D eigenvalue weighted by atomic mass is 10.1. The van der Waals surface area contributed by atoms with Gasteiger partial charge < -0.3 is 10.1 Å². The highest BCUT2D eigenvalue weighted by Gasteiger charge is 2.10. The van der Waals surface area contributed by atoms with Crippen LogP contribution in [0.1, 0.15) is 31.9 Å². The van der Waals surface area contributed by atoms with Gasteiger partial charge >= 0.3 is 0 Å².